The number of hydrogen-bond acceptors (Lipinski definition) is 6. The van der Waals surface area contributed by atoms with Crippen molar-refractivity contribution in [3.8, 4) is 5.88 Å². The van der Waals surface area contributed by atoms with Crippen molar-refractivity contribution >= 4 is 11.7 Å². The number of pyridine rings is 2. The zero-order valence-electron chi connectivity index (χ0n) is 17.6. The van der Waals surface area contributed by atoms with Gasteiger partial charge in [-0.05, 0) is 51.5 Å². The van der Waals surface area contributed by atoms with E-state index < -0.39 is 30.1 Å². The molecule has 0 saturated heterocycles. The number of hydrogen-bond donors (Lipinski definition) is 2. The molecule has 10 heteroatoms. The van der Waals surface area contributed by atoms with E-state index in [4.69, 9.17) is 0 Å². The van der Waals surface area contributed by atoms with E-state index in [-0.39, 0.29) is 18.8 Å². The molecule has 0 aliphatic carbocycles. The van der Waals surface area contributed by atoms with Crippen molar-refractivity contribution in [2.45, 2.75) is 52.4 Å². The molecular formula is C21H24F3N3O4. The van der Waals surface area contributed by atoms with Gasteiger partial charge in [0.15, 0.2) is 12.4 Å². The number of halogens is 3. The van der Waals surface area contributed by atoms with E-state index in [0.717, 1.165) is 0 Å². The van der Waals surface area contributed by atoms with Crippen molar-refractivity contribution in [1.29, 1.82) is 0 Å². The maximum absolute atomic E-state index is 12.5. The van der Waals surface area contributed by atoms with Gasteiger partial charge in [0, 0.05) is 35.3 Å². The van der Waals surface area contributed by atoms with Crippen LogP contribution in [0.25, 0.3) is 0 Å². The van der Waals surface area contributed by atoms with Gasteiger partial charge in [-0.25, -0.2) is 4.98 Å². The smallest absolute Gasteiger partial charge is 0.422 e. The van der Waals surface area contributed by atoms with E-state index in [9.17, 15) is 27.9 Å². The lowest BCUT2D eigenvalue weighted by Gasteiger charge is -2.15. The minimum Gasteiger partial charge on any atom is -0.468 e. The first-order chi connectivity index (χ1) is 14.2. The number of alkyl halides is 3. The molecule has 1 amide bonds. The van der Waals surface area contributed by atoms with E-state index >= 15 is 0 Å². The number of ether oxygens (including phenoxy) is 1. The molecule has 2 heterocycles. The number of aliphatic hydroxyl groups is 1. The molecule has 0 saturated carbocycles. The zero-order chi connectivity index (χ0) is 23.4. The molecule has 2 rings (SSSR count). The third-order valence-corrected chi connectivity index (χ3v) is 4.21. The molecule has 31 heavy (non-hydrogen) atoms. The van der Waals surface area contributed by atoms with Gasteiger partial charge in [0.25, 0.3) is 5.91 Å². The summed E-state index contributed by atoms with van der Waals surface area (Å²) < 4.78 is 41.5. The molecule has 0 aliphatic heterocycles. The van der Waals surface area contributed by atoms with Gasteiger partial charge >= 0.3 is 6.18 Å². The molecule has 0 aliphatic rings. The molecule has 168 valence electrons. The van der Waals surface area contributed by atoms with Gasteiger partial charge in [-0.2, -0.15) is 13.2 Å². The predicted octanol–water partition coefficient (Wildman–Crippen LogP) is 2.85. The lowest BCUT2D eigenvalue weighted by Crippen LogP contribution is -2.33. The van der Waals surface area contributed by atoms with Crippen LogP contribution in [0.1, 0.15) is 46.7 Å². The maximum Gasteiger partial charge on any atom is 0.422 e. The molecule has 2 aromatic rings. The second-order valence-corrected chi connectivity index (χ2v) is 7.70. The minimum atomic E-state index is -4.46. The van der Waals surface area contributed by atoms with Crippen LogP contribution < -0.4 is 10.1 Å². The van der Waals surface area contributed by atoms with Gasteiger partial charge in [-0.15, -0.1) is 0 Å². The molecule has 0 spiro atoms. The average molecular weight is 439 g/mol. The first kappa shape index (κ1) is 24.3. The van der Waals surface area contributed by atoms with Crippen molar-refractivity contribution < 1.29 is 32.6 Å². The predicted molar refractivity (Wildman–Crippen MR) is 106 cm³/mol. The fourth-order valence-corrected chi connectivity index (χ4v) is 2.64. The number of rotatable bonds is 8. The largest absolute Gasteiger partial charge is 0.468 e. The Morgan fingerprint density at radius 2 is 1.84 bits per heavy atom. The summed E-state index contributed by atoms with van der Waals surface area (Å²) in [6.45, 7) is 4.66. The van der Waals surface area contributed by atoms with Crippen LogP contribution in [-0.2, 0) is 17.8 Å². The van der Waals surface area contributed by atoms with Crippen molar-refractivity contribution in [2.75, 3.05) is 6.61 Å². The van der Waals surface area contributed by atoms with E-state index in [2.05, 4.69) is 20.0 Å². The van der Waals surface area contributed by atoms with Crippen LogP contribution in [0.5, 0.6) is 5.88 Å². The number of carbonyl (C=O) groups is 2. The Bertz CT molecular complexity index is 969. The molecular weight excluding hydrogens is 415 g/mol. The maximum atomic E-state index is 12.5. The Kier molecular flexibility index (Phi) is 7.37. The number of aryl methyl sites for hydroxylation is 2. The van der Waals surface area contributed by atoms with Gasteiger partial charge in [0.1, 0.15) is 5.60 Å². The second kappa shape index (κ2) is 9.42. The Morgan fingerprint density at radius 3 is 2.42 bits per heavy atom. The van der Waals surface area contributed by atoms with E-state index in [1.165, 1.54) is 26.1 Å². The number of ketones is 1. The molecule has 0 atom stereocenters. The Balaban J connectivity index is 2.04. The van der Waals surface area contributed by atoms with Crippen LogP contribution in [0.2, 0.25) is 0 Å². The topological polar surface area (TPSA) is 101 Å². The second-order valence-electron chi connectivity index (χ2n) is 7.70. The minimum absolute atomic E-state index is 0.0888. The fourth-order valence-electron chi connectivity index (χ4n) is 2.64. The van der Waals surface area contributed by atoms with Crippen LogP contribution in [0.3, 0.4) is 0 Å². The highest BCUT2D eigenvalue weighted by Crippen LogP contribution is 2.20. The van der Waals surface area contributed by atoms with E-state index in [0.29, 0.717) is 28.1 Å². The molecule has 0 aromatic carbocycles. The molecule has 0 bridgehead atoms. The zero-order valence-corrected chi connectivity index (χ0v) is 17.6. The Hall–Kier alpha value is -3.01. The first-order valence-electron chi connectivity index (χ1n) is 9.41. The lowest BCUT2D eigenvalue weighted by atomic mass is 9.98. The Morgan fingerprint density at radius 1 is 1.16 bits per heavy atom. The number of Topliss-reactive ketones (excluding diaryl/α,β-unsaturated/α-hetero) is 1. The van der Waals surface area contributed by atoms with Gasteiger partial charge in [-0.1, -0.05) is 0 Å². The van der Waals surface area contributed by atoms with Crippen molar-refractivity contribution in [1.82, 2.24) is 15.3 Å². The standard InChI is InChI=1S/C21H24F3N3O4/c1-12-5-14(10-26-19(12)31-11-21(22,23)24)9-25-18(29)15-6-13(2)27-16(7-15)8-17(28)20(3,4)30/h5-7,10,30H,8-9,11H2,1-4H3,(H,25,29). The number of carbonyl (C=O) groups excluding carboxylic acids is 2. The fraction of sp³-hybridized carbons (Fsp3) is 0.429. The summed E-state index contributed by atoms with van der Waals surface area (Å²) >= 11 is 0. The first-order valence-corrected chi connectivity index (χ1v) is 9.41. The van der Waals surface area contributed by atoms with Crippen LogP contribution >= 0.6 is 0 Å². The number of nitrogens with one attached hydrogen (secondary N) is 1. The van der Waals surface area contributed by atoms with Gasteiger partial charge < -0.3 is 15.2 Å². The summed E-state index contributed by atoms with van der Waals surface area (Å²) in [6.07, 6.45) is -3.25. The van der Waals surface area contributed by atoms with Gasteiger partial charge in [0.05, 0.1) is 6.42 Å². The van der Waals surface area contributed by atoms with E-state index in [1.807, 2.05) is 0 Å². The molecule has 2 aromatic heterocycles. The third-order valence-electron chi connectivity index (χ3n) is 4.21. The monoisotopic (exact) mass is 439 g/mol. The highest BCUT2D eigenvalue weighted by Gasteiger charge is 2.29. The summed E-state index contributed by atoms with van der Waals surface area (Å²) in [5.74, 6) is -0.970. The van der Waals surface area contributed by atoms with Crippen molar-refractivity contribution in [3.63, 3.8) is 0 Å². The number of nitrogens with zero attached hydrogens (tertiary/aromatic N) is 2. The SMILES string of the molecule is Cc1cc(C(=O)NCc2cnc(OCC(F)(F)F)c(C)c2)cc(CC(=O)C(C)(C)O)n1. The Labute approximate surface area is 177 Å². The summed E-state index contributed by atoms with van der Waals surface area (Å²) in [5, 5.41) is 12.5. The highest BCUT2D eigenvalue weighted by molar-refractivity contribution is 5.95. The summed E-state index contributed by atoms with van der Waals surface area (Å²) in [7, 11) is 0. The lowest BCUT2D eigenvalue weighted by molar-refractivity contribution is -0.154. The molecule has 0 radical (unpaired) electrons. The van der Waals surface area contributed by atoms with Crippen LogP contribution in [-0.4, -0.2) is 45.1 Å². The van der Waals surface area contributed by atoms with Gasteiger partial charge in [0.2, 0.25) is 5.88 Å². The van der Waals surface area contributed by atoms with Crippen LogP contribution in [0.4, 0.5) is 13.2 Å². The average Bonchev–Trinajstić information content (AvgIpc) is 2.63. The van der Waals surface area contributed by atoms with E-state index in [1.54, 1.807) is 26.0 Å². The molecule has 0 fully saturated rings. The molecule has 7 nitrogen and oxygen atoms in total. The number of aromatic nitrogens is 2. The summed E-state index contributed by atoms with van der Waals surface area (Å²) in [5.41, 5.74) is 0.669. The quantitative estimate of drug-likeness (QED) is 0.656. The summed E-state index contributed by atoms with van der Waals surface area (Å²) in [6, 6.07) is 4.61. The van der Waals surface area contributed by atoms with Crippen LogP contribution in [0, 0.1) is 13.8 Å². The summed E-state index contributed by atoms with van der Waals surface area (Å²) in [4.78, 5) is 32.7. The highest BCUT2D eigenvalue weighted by atomic mass is 19.4. The van der Waals surface area contributed by atoms with Crippen molar-refractivity contribution in [2.24, 2.45) is 0 Å². The van der Waals surface area contributed by atoms with Crippen molar-refractivity contribution in [3.05, 3.63) is 52.5 Å². The normalized spacial score (nSPS) is 11.9. The van der Waals surface area contributed by atoms with Gasteiger partial charge in [-0.3, -0.25) is 14.6 Å². The third kappa shape index (κ3) is 7.63. The van der Waals surface area contributed by atoms with Crippen LogP contribution in [0.15, 0.2) is 24.4 Å². The molecule has 2 N–H and O–H groups in total. The molecule has 0 unspecified atom stereocenters. The number of amides is 1.